The van der Waals surface area contributed by atoms with Crippen LogP contribution in [0.15, 0.2) is 36.4 Å². The van der Waals surface area contributed by atoms with Gasteiger partial charge in [0.15, 0.2) is 0 Å². The number of rotatable bonds is 1. The van der Waals surface area contributed by atoms with Crippen molar-refractivity contribution in [3.63, 3.8) is 0 Å². The van der Waals surface area contributed by atoms with Crippen molar-refractivity contribution in [2.24, 2.45) is 0 Å². The molecule has 2 aromatic carbocycles. The lowest BCUT2D eigenvalue weighted by Crippen LogP contribution is -2.13. The number of benzene rings is 2. The van der Waals surface area contributed by atoms with Crippen molar-refractivity contribution in [2.45, 2.75) is 39.5 Å². The van der Waals surface area contributed by atoms with E-state index >= 15 is 0 Å². The zero-order valence-corrected chi connectivity index (χ0v) is 12.7. The molecule has 1 heterocycles. The molecule has 0 bridgehead atoms. The fourth-order valence-electron chi connectivity index (χ4n) is 2.66. The average Bonchev–Trinajstić information content (AvgIpc) is 2.73. The van der Waals surface area contributed by atoms with Crippen LogP contribution in [0.3, 0.4) is 0 Å². The Morgan fingerprint density at radius 2 is 1.79 bits per heavy atom. The van der Waals surface area contributed by atoms with Gasteiger partial charge in [0, 0.05) is 22.9 Å². The monoisotopic (exact) mass is 270 g/mol. The van der Waals surface area contributed by atoms with Crippen LogP contribution in [0.4, 0.5) is 0 Å². The van der Waals surface area contributed by atoms with Gasteiger partial charge < -0.3 is 0 Å². The Hall–Kier alpha value is -1.34. The molecule has 0 aliphatic rings. The summed E-state index contributed by atoms with van der Waals surface area (Å²) in [4.78, 5) is 0. The molecule has 0 unspecified atom stereocenters. The predicted molar refractivity (Wildman–Crippen MR) is 87.4 cm³/mol. The van der Waals surface area contributed by atoms with E-state index in [4.69, 9.17) is 2.74 Å². The van der Waals surface area contributed by atoms with E-state index in [9.17, 15) is 0 Å². The van der Waals surface area contributed by atoms with Crippen molar-refractivity contribution in [1.82, 2.24) is 0 Å². The average molecular weight is 270 g/mol. The number of hydrogen-bond acceptors (Lipinski definition) is 1. The Balaban J connectivity index is 2.50. The molecule has 0 saturated heterocycles. The number of fused-ring (bicyclic) bond motifs is 3. The zero-order valence-electron chi connectivity index (χ0n) is 13.9. The van der Waals surface area contributed by atoms with Gasteiger partial charge in [0.25, 0.3) is 0 Å². The summed E-state index contributed by atoms with van der Waals surface area (Å²) in [6.07, 6.45) is -1.34. The van der Waals surface area contributed by atoms with Crippen LogP contribution in [0.2, 0.25) is 0 Å². The summed E-state index contributed by atoms with van der Waals surface area (Å²) in [6.45, 7) is 8.12. The summed E-state index contributed by atoms with van der Waals surface area (Å²) in [5, 5.41) is 2.40. The predicted octanol–water partition coefficient (Wildman–Crippen LogP) is 5.91. The van der Waals surface area contributed by atoms with Crippen molar-refractivity contribution in [2.75, 3.05) is 0 Å². The maximum atomic E-state index is 8.32. The molecule has 0 nitrogen and oxygen atoms in total. The summed E-state index contributed by atoms with van der Waals surface area (Å²) in [7, 11) is 0. The van der Waals surface area contributed by atoms with Gasteiger partial charge in [-0.1, -0.05) is 58.0 Å². The van der Waals surface area contributed by atoms with Gasteiger partial charge in [0.05, 0.1) is 0 Å². The first-order valence-electron chi connectivity index (χ1n) is 7.65. The molecule has 1 aromatic heterocycles. The molecule has 0 aliphatic carbocycles. The number of thiophene rings is 1. The summed E-state index contributed by atoms with van der Waals surface area (Å²) in [5.74, 6) is 0. The van der Waals surface area contributed by atoms with Crippen molar-refractivity contribution in [3.05, 3.63) is 47.5 Å². The first-order chi connectivity index (χ1) is 9.69. The maximum absolute atomic E-state index is 8.32. The summed E-state index contributed by atoms with van der Waals surface area (Å²) >= 11 is 1.71. The van der Waals surface area contributed by atoms with E-state index in [1.54, 1.807) is 18.3 Å². The van der Waals surface area contributed by atoms with Gasteiger partial charge in [-0.25, -0.2) is 0 Å². The third kappa shape index (κ3) is 1.97. The second-order valence-electron chi connectivity index (χ2n) is 5.96. The maximum Gasteiger partial charge on any atom is 0.0390 e. The molecular formula is C18H20S. The molecule has 0 spiro atoms. The Morgan fingerprint density at radius 3 is 2.47 bits per heavy atom. The van der Waals surface area contributed by atoms with Crippen LogP contribution in [0, 0.1) is 0 Å². The quantitative estimate of drug-likeness (QED) is 0.515. The number of hydrogen-bond donors (Lipinski definition) is 0. The highest BCUT2D eigenvalue weighted by Crippen LogP contribution is 2.40. The van der Waals surface area contributed by atoms with E-state index < -0.39 is 6.37 Å². The third-order valence-corrected chi connectivity index (χ3v) is 4.81. The Labute approximate surface area is 121 Å². The topological polar surface area (TPSA) is 0 Å². The van der Waals surface area contributed by atoms with Crippen molar-refractivity contribution in [1.29, 1.82) is 0 Å². The lowest BCUT2D eigenvalue weighted by atomic mass is 9.82. The van der Waals surface area contributed by atoms with E-state index in [2.05, 4.69) is 45.0 Å². The lowest BCUT2D eigenvalue weighted by molar-refractivity contribution is 0.585. The van der Waals surface area contributed by atoms with Gasteiger partial charge in [-0.15, -0.1) is 11.3 Å². The molecular weight excluding hydrogens is 248 g/mol. The first-order valence-corrected chi connectivity index (χ1v) is 7.46. The smallest absolute Gasteiger partial charge is 0.0390 e. The van der Waals surface area contributed by atoms with Gasteiger partial charge in [0.1, 0.15) is 0 Å². The highest BCUT2D eigenvalue weighted by atomic mass is 32.1. The molecule has 0 aliphatic heterocycles. The standard InChI is InChI=1S/C18H20S/c1-5-12-15(18(2,3)4)11-10-14-13-8-6-7-9-16(13)19-17(12)14/h6-11H,5H2,1-4H3/i5D2. The van der Waals surface area contributed by atoms with Crippen LogP contribution in [-0.4, -0.2) is 0 Å². The van der Waals surface area contributed by atoms with Crippen molar-refractivity contribution in [3.8, 4) is 0 Å². The normalized spacial score (nSPS) is 14.7. The highest BCUT2D eigenvalue weighted by Gasteiger charge is 2.20. The molecule has 0 amide bonds. The second-order valence-corrected chi connectivity index (χ2v) is 7.02. The highest BCUT2D eigenvalue weighted by molar-refractivity contribution is 7.26. The van der Waals surface area contributed by atoms with Crippen LogP contribution < -0.4 is 0 Å². The minimum Gasteiger partial charge on any atom is -0.135 e. The largest absolute Gasteiger partial charge is 0.135 e. The van der Waals surface area contributed by atoms with Gasteiger partial charge in [-0.05, 0) is 29.0 Å². The van der Waals surface area contributed by atoms with Crippen LogP contribution in [0.25, 0.3) is 20.2 Å². The van der Waals surface area contributed by atoms with Crippen LogP contribution in [-0.2, 0) is 11.8 Å². The molecule has 0 N–H and O–H groups in total. The van der Waals surface area contributed by atoms with E-state index in [0.717, 1.165) is 15.8 Å². The molecule has 3 aromatic rings. The van der Waals surface area contributed by atoms with Gasteiger partial charge in [-0.2, -0.15) is 0 Å². The van der Waals surface area contributed by atoms with E-state index in [1.165, 1.54) is 15.5 Å². The van der Waals surface area contributed by atoms with Gasteiger partial charge in [0.2, 0.25) is 0 Å². The van der Waals surface area contributed by atoms with Gasteiger partial charge in [-0.3, -0.25) is 0 Å². The molecule has 0 fully saturated rings. The summed E-state index contributed by atoms with van der Waals surface area (Å²) < 4.78 is 19.0. The zero-order chi connectivity index (χ0) is 15.4. The molecule has 0 saturated carbocycles. The number of aryl methyl sites for hydroxylation is 1. The molecule has 98 valence electrons. The lowest BCUT2D eigenvalue weighted by Gasteiger charge is -2.23. The Morgan fingerprint density at radius 1 is 1.05 bits per heavy atom. The fourth-order valence-corrected chi connectivity index (χ4v) is 3.92. The molecule has 3 rings (SSSR count). The van der Waals surface area contributed by atoms with E-state index in [1.807, 2.05) is 12.1 Å². The Kier molecular flexibility index (Phi) is 2.39. The van der Waals surface area contributed by atoms with Crippen molar-refractivity contribution < 1.29 is 2.74 Å². The van der Waals surface area contributed by atoms with Crippen LogP contribution in [0.5, 0.6) is 0 Å². The molecule has 0 atom stereocenters. The second kappa shape index (κ2) is 4.35. The molecule has 0 radical (unpaired) electrons. The van der Waals surface area contributed by atoms with Gasteiger partial charge >= 0.3 is 0 Å². The van der Waals surface area contributed by atoms with E-state index in [0.29, 0.717) is 0 Å². The van der Waals surface area contributed by atoms with Crippen LogP contribution in [0.1, 0.15) is 41.6 Å². The summed E-state index contributed by atoms with van der Waals surface area (Å²) in [5.41, 5.74) is 1.89. The van der Waals surface area contributed by atoms with Crippen molar-refractivity contribution >= 4 is 31.5 Å². The summed E-state index contributed by atoms with van der Waals surface area (Å²) in [6, 6.07) is 12.6. The Bertz CT molecular complexity index is 817. The SMILES string of the molecule is [2H]C([2H])(C)c1c(C(C)(C)C)ccc2c1sc1ccccc12. The molecule has 1 heteroatoms. The van der Waals surface area contributed by atoms with Crippen LogP contribution >= 0.6 is 11.3 Å². The van der Waals surface area contributed by atoms with E-state index in [-0.39, 0.29) is 5.41 Å². The first kappa shape index (κ1) is 10.4. The molecule has 19 heavy (non-hydrogen) atoms. The third-order valence-electron chi connectivity index (χ3n) is 3.60. The minimum absolute atomic E-state index is 0.0664. The fraction of sp³-hybridized carbons (Fsp3) is 0.333. The minimum atomic E-state index is -1.34.